The largest absolute Gasteiger partial charge is 0.358 e. The SMILES string of the molecule is CCc1csc(NC(CC)CSC)n1. The lowest BCUT2D eigenvalue weighted by Crippen LogP contribution is -2.20. The van der Waals surface area contributed by atoms with Crippen LogP contribution in [0.1, 0.15) is 26.0 Å². The van der Waals surface area contributed by atoms with Crippen LogP contribution in [0.15, 0.2) is 5.38 Å². The van der Waals surface area contributed by atoms with Crippen molar-refractivity contribution in [3.8, 4) is 0 Å². The molecule has 1 heterocycles. The fraction of sp³-hybridized carbons (Fsp3) is 0.700. The summed E-state index contributed by atoms with van der Waals surface area (Å²) in [6.45, 7) is 4.35. The van der Waals surface area contributed by atoms with Gasteiger partial charge in [0, 0.05) is 17.2 Å². The van der Waals surface area contributed by atoms with Crippen molar-refractivity contribution in [1.29, 1.82) is 0 Å². The number of rotatable bonds is 6. The van der Waals surface area contributed by atoms with Crippen LogP contribution in [0, 0.1) is 0 Å². The highest BCUT2D eigenvalue weighted by molar-refractivity contribution is 7.98. The van der Waals surface area contributed by atoms with E-state index < -0.39 is 0 Å². The minimum absolute atomic E-state index is 0.556. The van der Waals surface area contributed by atoms with Crippen LogP contribution in [-0.2, 0) is 6.42 Å². The summed E-state index contributed by atoms with van der Waals surface area (Å²) in [5, 5.41) is 6.68. The number of thioether (sulfide) groups is 1. The predicted molar refractivity (Wildman–Crippen MR) is 67.6 cm³/mol. The second kappa shape index (κ2) is 6.30. The molecule has 1 N–H and O–H groups in total. The number of hydrogen-bond donors (Lipinski definition) is 1. The topological polar surface area (TPSA) is 24.9 Å². The molecule has 0 bridgehead atoms. The summed E-state index contributed by atoms with van der Waals surface area (Å²) in [6.07, 6.45) is 4.32. The number of thiazole rings is 1. The van der Waals surface area contributed by atoms with Crippen molar-refractivity contribution < 1.29 is 0 Å². The van der Waals surface area contributed by atoms with Crippen LogP contribution in [0.2, 0.25) is 0 Å². The summed E-state index contributed by atoms with van der Waals surface area (Å²) in [6, 6.07) is 0.556. The Hall–Kier alpha value is -0.220. The Morgan fingerprint density at radius 3 is 2.86 bits per heavy atom. The monoisotopic (exact) mass is 230 g/mol. The third kappa shape index (κ3) is 3.50. The first-order valence-corrected chi connectivity index (χ1v) is 7.27. The van der Waals surface area contributed by atoms with Gasteiger partial charge in [-0.2, -0.15) is 11.8 Å². The first-order valence-electron chi connectivity index (χ1n) is 5.00. The number of aromatic nitrogens is 1. The van der Waals surface area contributed by atoms with E-state index >= 15 is 0 Å². The molecule has 0 aromatic carbocycles. The zero-order chi connectivity index (χ0) is 10.4. The minimum Gasteiger partial charge on any atom is -0.358 e. The third-order valence-corrected chi connectivity index (χ3v) is 3.66. The van der Waals surface area contributed by atoms with Gasteiger partial charge in [0.2, 0.25) is 0 Å². The van der Waals surface area contributed by atoms with Gasteiger partial charge in [0.25, 0.3) is 0 Å². The quantitative estimate of drug-likeness (QED) is 0.812. The molecule has 0 saturated carbocycles. The Labute approximate surface area is 94.5 Å². The summed E-state index contributed by atoms with van der Waals surface area (Å²) in [4.78, 5) is 4.50. The van der Waals surface area contributed by atoms with E-state index in [1.54, 1.807) is 11.3 Å². The number of nitrogens with zero attached hydrogens (tertiary/aromatic N) is 1. The van der Waals surface area contributed by atoms with Crippen molar-refractivity contribution >= 4 is 28.2 Å². The summed E-state index contributed by atoms with van der Waals surface area (Å²) < 4.78 is 0. The smallest absolute Gasteiger partial charge is 0.183 e. The zero-order valence-corrected chi connectivity index (χ0v) is 10.7. The molecular formula is C10H18N2S2. The van der Waals surface area contributed by atoms with E-state index in [0.29, 0.717) is 6.04 Å². The Balaban J connectivity index is 2.48. The fourth-order valence-electron chi connectivity index (χ4n) is 1.17. The second-order valence-electron chi connectivity index (χ2n) is 3.20. The highest BCUT2D eigenvalue weighted by atomic mass is 32.2. The van der Waals surface area contributed by atoms with E-state index in [-0.39, 0.29) is 0 Å². The molecule has 14 heavy (non-hydrogen) atoms. The number of hydrogen-bond acceptors (Lipinski definition) is 4. The van der Waals surface area contributed by atoms with E-state index in [1.165, 1.54) is 5.69 Å². The van der Waals surface area contributed by atoms with E-state index in [1.807, 2.05) is 11.8 Å². The average molecular weight is 230 g/mol. The maximum Gasteiger partial charge on any atom is 0.183 e. The van der Waals surface area contributed by atoms with Gasteiger partial charge < -0.3 is 5.32 Å². The van der Waals surface area contributed by atoms with E-state index in [9.17, 15) is 0 Å². The Morgan fingerprint density at radius 2 is 2.36 bits per heavy atom. The van der Waals surface area contributed by atoms with Gasteiger partial charge in [-0.15, -0.1) is 11.3 Å². The Bertz CT molecular complexity index is 260. The molecule has 0 aliphatic rings. The summed E-state index contributed by atoms with van der Waals surface area (Å²) in [5.41, 5.74) is 1.19. The Morgan fingerprint density at radius 1 is 1.57 bits per heavy atom. The van der Waals surface area contributed by atoms with Gasteiger partial charge in [-0.05, 0) is 19.1 Å². The first kappa shape index (κ1) is 11.9. The van der Waals surface area contributed by atoms with E-state index in [0.717, 1.165) is 23.7 Å². The van der Waals surface area contributed by atoms with Gasteiger partial charge in [-0.3, -0.25) is 0 Å². The minimum atomic E-state index is 0.556. The van der Waals surface area contributed by atoms with Crippen molar-refractivity contribution in [1.82, 2.24) is 4.98 Å². The maximum atomic E-state index is 4.50. The number of anilines is 1. The molecule has 1 aromatic rings. The Kier molecular flexibility index (Phi) is 5.33. The molecule has 0 spiro atoms. The van der Waals surface area contributed by atoms with E-state index in [4.69, 9.17) is 0 Å². The summed E-state index contributed by atoms with van der Waals surface area (Å²) in [5.74, 6) is 1.15. The van der Waals surface area contributed by atoms with Crippen LogP contribution in [0.25, 0.3) is 0 Å². The van der Waals surface area contributed by atoms with Gasteiger partial charge in [0.15, 0.2) is 5.13 Å². The molecule has 0 aliphatic carbocycles. The second-order valence-corrected chi connectivity index (χ2v) is 4.97. The molecule has 1 unspecified atom stereocenters. The van der Waals surface area contributed by atoms with Crippen molar-refractivity contribution in [3.05, 3.63) is 11.1 Å². The zero-order valence-electron chi connectivity index (χ0n) is 9.04. The standard InChI is InChI=1S/C10H18N2S2/c1-4-8(6-13-3)11-10-12-9(5-2)7-14-10/h7-8H,4-6H2,1-3H3,(H,11,12). The van der Waals surface area contributed by atoms with E-state index in [2.05, 4.69) is 35.8 Å². The van der Waals surface area contributed by atoms with Crippen molar-refractivity contribution in [2.75, 3.05) is 17.3 Å². The van der Waals surface area contributed by atoms with Gasteiger partial charge in [0.05, 0.1) is 5.69 Å². The number of aryl methyl sites for hydroxylation is 1. The molecule has 0 saturated heterocycles. The molecule has 0 fully saturated rings. The first-order chi connectivity index (χ1) is 6.80. The average Bonchev–Trinajstić information content (AvgIpc) is 2.65. The van der Waals surface area contributed by atoms with Crippen LogP contribution in [0.5, 0.6) is 0 Å². The van der Waals surface area contributed by atoms with Crippen LogP contribution >= 0.6 is 23.1 Å². The molecule has 0 aliphatic heterocycles. The lowest BCUT2D eigenvalue weighted by molar-refractivity contribution is 0.772. The van der Waals surface area contributed by atoms with Crippen molar-refractivity contribution in [2.45, 2.75) is 32.7 Å². The predicted octanol–water partition coefficient (Wildman–Crippen LogP) is 3.26. The van der Waals surface area contributed by atoms with Crippen LogP contribution in [-0.4, -0.2) is 23.0 Å². The van der Waals surface area contributed by atoms with Gasteiger partial charge in [-0.25, -0.2) is 4.98 Å². The molecule has 1 rings (SSSR count). The summed E-state index contributed by atoms with van der Waals surface area (Å²) >= 11 is 3.59. The summed E-state index contributed by atoms with van der Waals surface area (Å²) in [7, 11) is 0. The van der Waals surface area contributed by atoms with Gasteiger partial charge in [0.1, 0.15) is 0 Å². The van der Waals surface area contributed by atoms with Crippen LogP contribution in [0.3, 0.4) is 0 Å². The molecule has 1 atom stereocenters. The van der Waals surface area contributed by atoms with Crippen LogP contribution in [0.4, 0.5) is 5.13 Å². The maximum absolute atomic E-state index is 4.50. The molecule has 0 amide bonds. The highest BCUT2D eigenvalue weighted by Crippen LogP contribution is 2.18. The highest BCUT2D eigenvalue weighted by Gasteiger charge is 2.07. The molecule has 1 aromatic heterocycles. The molecule has 0 radical (unpaired) electrons. The number of nitrogens with one attached hydrogen (secondary N) is 1. The van der Waals surface area contributed by atoms with Gasteiger partial charge in [-0.1, -0.05) is 13.8 Å². The van der Waals surface area contributed by atoms with Crippen molar-refractivity contribution in [2.24, 2.45) is 0 Å². The normalized spacial score (nSPS) is 12.8. The molecule has 80 valence electrons. The van der Waals surface area contributed by atoms with Gasteiger partial charge >= 0.3 is 0 Å². The molecule has 2 nitrogen and oxygen atoms in total. The molecular weight excluding hydrogens is 212 g/mol. The molecule has 4 heteroatoms. The fourth-order valence-corrected chi connectivity index (χ4v) is 2.77. The lowest BCUT2D eigenvalue weighted by Gasteiger charge is -2.14. The van der Waals surface area contributed by atoms with Crippen molar-refractivity contribution in [3.63, 3.8) is 0 Å². The third-order valence-electron chi connectivity index (χ3n) is 2.10. The lowest BCUT2D eigenvalue weighted by atomic mass is 10.3. The van der Waals surface area contributed by atoms with Crippen LogP contribution < -0.4 is 5.32 Å².